The minimum atomic E-state index is 0.433. The topological polar surface area (TPSA) is 101 Å². The van der Waals surface area contributed by atoms with Crippen LogP contribution in [0.4, 0.5) is 5.82 Å². The number of hydrogen-bond acceptors (Lipinski definition) is 5. The summed E-state index contributed by atoms with van der Waals surface area (Å²) in [5.74, 6) is 0.433. The lowest BCUT2D eigenvalue weighted by molar-refractivity contribution is 0.399. The average molecular weight is 167 g/mol. The van der Waals surface area contributed by atoms with Crippen molar-refractivity contribution in [3.8, 4) is 0 Å². The zero-order chi connectivity index (χ0) is 8.97. The minimum absolute atomic E-state index is 0.433. The van der Waals surface area contributed by atoms with Crippen molar-refractivity contribution in [1.82, 2.24) is 19.9 Å². The van der Waals surface area contributed by atoms with Crippen molar-refractivity contribution in [2.75, 3.05) is 12.8 Å². The van der Waals surface area contributed by atoms with Crippen LogP contribution in [0.1, 0.15) is 0 Å². The number of aromatic amines is 1. The van der Waals surface area contributed by atoms with Crippen LogP contribution in [-0.4, -0.2) is 32.2 Å². The fraction of sp³-hybridized carbons (Fsp3) is 0.167. The van der Waals surface area contributed by atoms with E-state index in [-0.39, 0.29) is 0 Å². The zero-order valence-corrected chi connectivity index (χ0v) is 6.52. The summed E-state index contributed by atoms with van der Waals surface area (Å²) in [6, 6.07) is 0. The Morgan fingerprint density at radius 2 is 2.08 bits per heavy atom. The molecule has 6 nitrogen and oxygen atoms in total. The van der Waals surface area contributed by atoms with Gasteiger partial charge in [-0.2, -0.15) is 0 Å². The number of aliphatic hydroxyl groups is 1. The minimum Gasteiger partial charge on any atom is -0.400 e. The lowest BCUT2D eigenvalue weighted by Gasteiger charge is -1.89. The fourth-order valence-corrected chi connectivity index (χ4v) is 0.784. The van der Waals surface area contributed by atoms with Gasteiger partial charge in [0.05, 0.1) is 6.33 Å². The normalized spacial score (nSPS) is 9.17. The molecule has 2 heterocycles. The molecule has 0 amide bonds. The SMILES string of the molecule is CO.Nc1ncnc2nc[nH]c12. The van der Waals surface area contributed by atoms with Crippen LogP contribution in [0.2, 0.25) is 0 Å². The van der Waals surface area contributed by atoms with Gasteiger partial charge in [-0.3, -0.25) is 0 Å². The van der Waals surface area contributed by atoms with Crippen LogP contribution in [-0.2, 0) is 0 Å². The third kappa shape index (κ3) is 1.32. The molecule has 0 spiro atoms. The molecule has 0 radical (unpaired) electrons. The van der Waals surface area contributed by atoms with Crippen molar-refractivity contribution < 1.29 is 5.11 Å². The van der Waals surface area contributed by atoms with E-state index in [2.05, 4.69) is 19.9 Å². The lowest BCUT2D eigenvalue weighted by Crippen LogP contribution is -1.91. The van der Waals surface area contributed by atoms with Crippen molar-refractivity contribution in [1.29, 1.82) is 0 Å². The molecular weight excluding hydrogens is 158 g/mol. The second-order valence-corrected chi connectivity index (χ2v) is 1.86. The number of H-pyrrole nitrogens is 1. The molecule has 64 valence electrons. The van der Waals surface area contributed by atoms with Gasteiger partial charge in [0.1, 0.15) is 11.8 Å². The molecule has 2 aromatic heterocycles. The van der Waals surface area contributed by atoms with Crippen LogP contribution >= 0.6 is 0 Å². The first kappa shape index (κ1) is 8.41. The highest BCUT2D eigenvalue weighted by molar-refractivity contribution is 5.80. The van der Waals surface area contributed by atoms with E-state index in [9.17, 15) is 0 Å². The monoisotopic (exact) mass is 167 g/mol. The highest BCUT2D eigenvalue weighted by Gasteiger charge is 1.99. The van der Waals surface area contributed by atoms with Crippen LogP contribution in [0.15, 0.2) is 12.7 Å². The molecular formula is C6H9N5O. The standard InChI is InChI=1S/C5H5N5.CH4O/c6-4-3-5(9-1-7-3)10-2-8-4;1-2/h1-2H,(H3,6,7,8,9,10);2H,1H3. The number of imidazole rings is 1. The molecule has 12 heavy (non-hydrogen) atoms. The van der Waals surface area contributed by atoms with E-state index < -0.39 is 0 Å². The number of nitrogens with one attached hydrogen (secondary N) is 1. The molecule has 0 aliphatic heterocycles. The summed E-state index contributed by atoms with van der Waals surface area (Å²) >= 11 is 0. The van der Waals surface area contributed by atoms with Gasteiger partial charge in [-0.15, -0.1) is 0 Å². The second-order valence-electron chi connectivity index (χ2n) is 1.86. The summed E-state index contributed by atoms with van der Waals surface area (Å²) in [4.78, 5) is 14.4. The molecule has 0 bridgehead atoms. The third-order valence-electron chi connectivity index (χ3n) is 1.25. The van der Waals surface area contributed by atoms with E-state index in [1.54, 1.807) is 0 Å². The zero-order valence-electron chi connectivity index (χ0n) is 6.52. The number of nitrogen functional groups attached to an aromatic ring is 1. The predicted molar refractivity (Wildman–Crippen MR) is 44.2 cm³/mol. The number of anilines is 1. The van der Waals surface area contributed by atoms with Crippen LogP contribution in [0.5, 0.6) is 0 Å². The Balaban J connectivity index is 0.000000336. The van der Waals surface area contributed by atoms with E-state index in [0.717, 1.165) is 7.11 Å². The smallest absolute Gasteiger partial charge is 0.182 e. The van der Waals surface area contributed by atoms with Crippen molar-refractivity contribution in [2.45, 2.75) is 0 Å². The van der Waals surface area contributed by atoms with Crippen molar-refractivity contribution >= 4 is 17.0 Å². The van der Waals surface area contributed by atoms with Gasteiger partial charge in [-0.25, -0.2) is 15.0 Å². The van der Waals surface area contributed by atoms with Gasteiger partial charge in [0.25, 0.3) is 0 Å². The molecule has 0 unspecified atom stereocenters. The maximum Gasteiger partial charge on any atom is 0.182 e. The van der Waals surface area contributed by atoms with Crippen molar-refractivity contribution in [3.05, 3.63) is 12.7 Å². The Hall–Kier alpha value is -1.69. The van der Waals surface area contributed by atoms with Crippen molar-refractivity contribution in [2.24, 2.45) is 0 Å². The largest absolute Gasteiger partial charge is 0.400 e. The fourth-order valence-electron chi connectivity index (χ4n) is 0.784. The van der Waals surface area contributed by atoms with Crippen LogP contribution in [0, 0.1) is 0 Å². The number of hydrogen-bond donors (Lipinski definition) is 3. The van der Waals surface area contributed by atoms with Gasteiger partial charge in [0.15, 0.2) is 11.5 Å². The first-order valence-corrected chi connectivity index (χ1v) is 3.22. The van der Waals surface area contributed by atoms with Crippen molar-refractivity contribution in [3.63, 3.8) is 0 Å². The molecule has 0 aliphatic carbocycles. The van der Waals surface area contributed by atoms with E-state index in [0.29, 0.717) is 17.0 Å². The van der Waals surface area contributed by atoms with E-state index in [4.69, 9.17) is 10.8 Å². The lowest BCUT2D eigenvalue weighted by atomic mass is 10.5. The van der Waals surface area contributed by atoms with Crippen LogP contribution in [0.3, 0.4) is 0 Å². The molecule has 2 rings (SSSR count). The molecule has 0 aromatic carbocycles. The Bertz CT molecular complexity index is 357. The number of aliphatic hydroxyl groups excluding tert-OH is 1. The van der Waals surface area contributed by atoms with Gasteiger partial charge in [-0.05, 0) is 0 Å². The predicted octanol–water partition coefficient (Wildman–Crippen LogP) is -0.456. The van der Waals surface area contributed by atoms with E-state index in [1.165, 1.54) is 12.7 Å². The Morgan fingerprint density at radius 1 is 1.33 bits per heavy atom. The molecule has 4 N–H and O–H groups in total. The number of nitrogens with two attached hydrogens (primary N) is 1. The van der Waals surface area contributed by atoms with Crippen LogP contribution < -0.4 is 5.73 Å². The highest BCUT2D eigenvalue weighted by Crippen LogP contribution is 2.09. The summed E-state index contributed by atoms with van der Waals surface area (Å²) < 4.78 is 0. The summed E-state index contributed by atoms with van der Waals surface area (Å²) in [6.07, 6.45) is 2.92. The van der Waals surface area contributed by atoms with E-state index in [1.807, 2.05) is 0 Å². The molecule has 0 saturated carbocycles. The summed E-state index contributed by atoms with van der Waals surface area (Å²) in [6.45, 7) is 0. The number of rotatable bonds is 0. The first-order valence-electron chi connectivity index (χ1n) is 3.22. The van der Waals surface area contributed by atoms with Gasteiger partial charge in [0, 0.05) is 7.11 Å². The summed E-state index contributed by atoms with van der Waals surface area (Å²) in [5, 5.41) is 7.00. The van der Waals surface area contributed by atoms with Gasteiger partial charge in [-0.1, -0.05) is 0 Å². The maximum atomic E-state index is 7.00. The molecule has 6 heteroatoms. The number of aromatic nitrogens is 4. The van der Waals surface area contributed by atoms with E-state index >= 15 is 0 Å². The first-order chi connectivity index (χ1) is 5.88. The van der Waals surface area contributed by atoms with Gasteiger partial charge >= 0.3 is 0 Å². The molecule has 2 aromatic rings. The Kier molecular flexibility index (Phi) is 2.54. The summed E-state index contributed by atoms with van der Waals surface area (Å²) in [7, 11) is 1.00. The Morgan fingerprint density at radius 3 is 2.75 bits per heavy atom. The van der Waals surface area contributed by atoms with Crippen LogP contribution in [0.25, 0.3) is 11.2 Å². The molecule has 0 saturated heterocycles. The number of nitrogens with zero attached hydrogens (tertiary/aromatic N) is 3. The highest BCUT2D eigenvalue weighted by atomic mass is 16.2. The Labute approximate surface area is 68.5 Å². The van der Waals surface area contributed by atoms with Gasteiger partial charge < -0.3 is 15.8 Å². The molecule has 0 atom stereocenters. The third-order valence-corrected chi connectivity index (χ3v) is 1.25. The average Bonchev–Trinajstić information content (AvgIpc) is 2.57. The molecule has 0 aliphatic rings. The molecule has 0 fully saturated rings. The quantitative estimate of drug-likeness (QED) is 0.493. The van der Waals surface area contributed by atoms with Gasteiger partial charge in [0.2, 0.25) is 0 Å². The second kappa shape index (κ2) is 3.63. The maximum absolute atomic E-state index is 7.00. The summed E-state index contributed by atoms with van der Waals surface area (Å²) in [5.41, 5.74) is 6.78. The number of fused-ring (bicyclic) bond motifs is 1.